The Labute approximate surface area is 188 Å². The summed E-state index contributed by atoms with van der Waals surface area (Å²) < 4.78 is 5.77. The largest absolute Gasteiger partial charge is 0.470 e. The molecule has 0 atom stereocenters. The maximum Gasteiger partial charge on any atom is 0.263 e. The number of aromatic nitrogens is 3. The molecule has 1 saturated heterocycles. The zero-order chi connectivity index (χ0) is 22.9. The number of ether oxygens (including phenoxy) is 1. The topological polar surface area (TPSA) is 105 Å². The number of rotatable bonds is 8. The van der Waals surface area contributed by atoms with Gasteiger partial charge in [0.25, 0.3) is 5.90 Å². The molecule has 166 valence electrons. The van der Waals surface area contributed by atoms with Gasteiger partial charge in [0.05, 0.1) is 11.9 Å². The highest BCUT2D eigenvalue weighted by Crippen LogP contribution is 2.22. The lowest BCUT2D eigenvalue weighted by molar-refractivity contribution is 0.312. The summed E-state index contributed by atoms with van der Waals surface area (Å²) in [7, 11) is 2.13. The number of piperazine rings is 1. The molecule has 1 aliphatic heterocycles. The van der Waals surface area contributed by atoms with Crippen LogP contribution >= 0.6 is 0 Å². The van der Waals surface area contributed by atoms with Crippen LogP contribution in [-0.4, -0.2) is 72.3 Å². The Morgan fingerprint density at radius 2 is 1.97 bits per heavy atom. The van der Waals surface area contributed by atoms with Gasteiger partial charge in [0.1, 0.15) is 12.4 Å². The fraction of sp³-hybridized carbons (Fsp3) is 0.261. The van der Waals surface area contributed by atoms with Crippen molar-refractivity contribution in [2.45, 2.75) is 0 Å². The first-order valence-corrected chi connectivity index (χ1v) is 10.2. The van der Waals surface area contributed by atoms with Gasteiger partial charge in [-0.2, -0.15) is 5.10 Å². The Morgan fingerprint density at radius 1 is 1.19 bits per heavy atom. The van der Waals surface area contributed by atoms with E-state index < -0.39 is 0 Å². The molecule has 3 heterocycles. The van der Waals surface area contributed by atoms with E-state index in [-0.39, 0.29) is 24.0 Å². The molecule has 0 amide bonds. The third kappa shape index (κ3) is 5.64. The third-order valence-corrected chi connectivity index (χ3v) is 5.01. The molecule has 32 heavy (non-hydrogen) atoms. The van der Waals surface area contributed by atoms with Crippen molar-refractivity contribution in [3.63, 3.8) is 0 Å². The number of pyridine rings is 1. The van der Waals surface area contributed by atoms with Gasteiger partial charge in [-0.15, -0.1) is 5.10 Å². The Bertz CT molecular complexity index is 1020. The molecule has 2 aromatic heterocycles. The Kier molecular flexibility index (Phi) is 7.82. The molecular formula is C23H28N8O. The highest BCUT2D eigenvalue weighted by Gasteiger charge is 2.17. The molecule has 0 aliphatic carbocycles. The lowest BCUT2D eigenvalue weighted by Crippen LogP contribution is -2.44. The standard InChI is InChI=1S/C23H28N8O/c1-5-7-17(6-2)16-32-23(29-25-3)21-22(24)27-15-19(28-21)18-8-9-20(26-14-18)31-12-10-30(4)11-13-31/h5-9,14-15H,1-3,10-13,16H2,4H3,(H2,24,27)/b17-7+,29-23-. The van der Waals surface area contributed by atoms with Gasteiger partial charge in [-0.25, -0.2) is 15.0 Å². The summed E-state index contributed by atoms with van der Waals surface area (Å²) in [4.78, 5) is 18.1. The van der Waals surface area contributed by atoms with E-state index in [2.05, 4.69) is 61.9 Å². The van der Waals surface area contributed by atoms with Crippen LogP contribution in [0.2, 0.25) is 0 Å². The summed E-state index contributed by atoms with van der Waals surface area (Å²) in [5, 5.41) is 7.53. The summed E-state index contributed by atoms with van der Waals surface area (Å²) >= 11 is 0. The Morgan fingerprint density at radius 3 is 2.59 bits per heavy atom. The van der Waals surface area contributed by atoms with Gasteiger partial charge in [0, 0.05) is 44.7 Å². The first kappa shape index (κ1) is 22.8. The Hall–Kier alpha value is -3.85. The van der Waals surface area contributed by atoms with Gasteiger partial charge in [-0.05, 0) is 24.8 Å². The van der Waals surface area contributed by atoms with Crippen LogP contribution in [0.3, 0.4) is 0 Å². The van der Waals surface area contributed by atoms with E-state index in [4.69, 9.17) is 10.5 Å². The van der Waals surface area contributed by atoms with Crippen molar-refractivity contribution in [1.82, 2.24) is 19.9 Å². The molecule has 2 aromatic rings. The summed E-state index contributed by atoms with van der Waals surface area (Å²) in [6.07, 6.45) is 8.47. The maximum absolute atomic E-state index is 6.06. The zero-order valence-corrected chi connectivity index (χ0v) is 18.3. The number of likely N-dealkylation sites (N-methyl/N-ethyl adjacent to an activating group) is 1. The monoisotopic (exact) mass is 432 g/mol. The molecule has 1 aliphatic rings. The van der Waals surface area contributed by atoms with Gasteiger partial charge in [-0.1, -0.05) is 31.4 Å². The molecular weight excluding hydrogens is 404 g/mol. The summed E-state index contributed by atoms with van der Waals surface area (Å²) in [6, 6.07) is 3.96. The van der Waals surface area contributed by atoms with Crippen LogP contribution in [0.5, 0.6) is 0 Å². The average Bonchev–Trinajstić information content (AvgIpc) is 2.82. The van der Waals surface area contributed by atoms with Gasteiger partial charge >= 0.3 is 0 Å². The lowest BCUT2D eigenvalue weighted by Gasteiger charge is -2.33. The molecule has 0 saturated carbocycles. The molecule has 1 fully saturated rings. The number of nitrogens with zero attached hydrogens (tertiary/aromatic N) is 7. The summed E-state index contributed by atoms with van der Waals surface area (Å²) in [5.41, 5.74) is 8.54. The van der Waals surface area contributed by atoms with Crippen LogP contribution in [0.4, 0.5) is 11.6 Å². The normalized spacial score (nSPS) is 15.3. The smallest absolute Gasteiger partial charge is 0.263 e. The van der Waals surface area contributed by atoms with E-state index in [9.17, 15) is 0 Å². The van der Waals surface area contributed by atoms with Crippen LogP contribution < -0.4 is 10.6 Å². The number of anilines is 2. The fourth-order valence-corrected chi connectivity index (χ4v) is 3.14. The molecule has 3 rings (SSSR count). The van der Waals surface area contributed by atoms with Gasteiger partial charge in [0.2, 0.25) is 0 Å². The number of allylic oxidation sites excluding steroid dienone is 2. The van der Waals surface area contributed by atoms with Crippen LogP contribution in [0.25, 0.3) is 11.3 Å². The van der Waals surface area contributed by atoms with Crippen molar-refractivity contribution in [2.75, 3.05) is 50.5 Å². The maximum atomic E-state index is 6.06. The number of nitrogen functional groups attached to an aromatic ring is 1. The third-order valence-electron chi connectivity index (χ3n) is 5.01. The molecule has 0 bridgehead atoms. The molecule has 0 unspecified atom stereocenters. The highest BCUT2D eigenvalue weighted by atomic mass is 16.5. The summed E-state index contributed by atoms with van der Waals surface area (Å²) in [5.74, 6) is 1.23. The number of hydrogen-bond acceptors (Lipinski definition) is 9. The van der Waals surface area contributed by atoms with Gasteiger partial charge in [-0.3, -0.25) is 0 Å². The van der Waals surface area contributed by atoms with Crippen molar-refractivity contribution in [3.8, 4) is 11.3 Å². The minimum atomic E-state index is 0.116. The number of hydrogen-bond donors (Lipinski definition) is 1. The molecule has 2 N–H and O–H groups in total. The van der Waals surface area contributed by atoms with Crippen molar-refractivity contribution < 1.29 is 4.74 Å². The first-order valence-electron chi connectivity index (χ1n) is 10.2. The van der Waals surface area contributed by atoms with Crippen LogP contribution in [0.15, 0.2) is 71.7 Å². The predicted molar refractivity (Wildman–Crippen MR) is 130 cm³/mol. The first-order chi connectivity index (χ1) is 15.5. The molecule has 9 heteroatoms. The fourth-order valence-electron chi connectivity index (χ4n) is 3.14. The second kappa shape index (κ2) is 11.0. The van der Waals surface area contributed by atoms with Gasteiger partial charge in [0.15, 0.2) is 11.5 Å². The minimum absolute atomic E-state index is 0.116. The van der Waals surface area contributed by atoms with E-state index in [0.29, 0.717) is 5.69 Å². The minimum Gasteiger partial charge on any atom is -0.470 e. The van der Waals surface area contributed by atoms with Crippen LogP contribution in [0, 0.1) is 0 Å². The quantitative estimate of drug-likeness (QED) is 0.296. The second-order valence-electron chi connectivity index (χ2n) is 7.20. The van der Waals surface area contributed by atoms with Crippen LogP contribution in [-0.2, 0) is 4.74 Å². The van der Waals surface area contributed by atoms with Gasteiger partial charge < -0.3 is 20.3 Å². The van der Waals surface area contributed by atoms with E-state index in [1.807, 2.05) is 12.1 Å². The van der Waals surface area contributed by atoms with E-state index in [0.717, 1.165) is 43.1 Å². The molecule has 0 radical (unpaired) electrons. The van der Waals surface area contributed by atoms with Crippen molar-refractivity contribution >= 4 is 24.3 Å². The SMILES string of the molecule is C=C/C=C(\C=C)CO/C(=N\N=C)c1nc(-c2ccc(N3CCN(C)CC3)nc2)cnc1N. The second-order valence-corrected chi connectivity index (χ2v) is 7.20. The molecule has 0 spiro atoms. The Balaban J connectivity index is 1.83. The zero-order valence-electron chi connectivity index (χ0n) is 18.3. The molecule has 0 aromatic carbocycles. The van der Waals surface area contributed by atoms with Crippen molar-refractivity contribution in [1.29, 1.82) is 0 Å². The lowest BCUT2D eigenvalue weighted by atomic mass is 10.2. The van der Waals surface area contributed by atoms with E-state index >= 15 is 0 Å². The average molecular weight is 433 g/mol. The predicted octanol–water partition coefficient (Wildman–Crippen LogP) is 2.55. The van der Waals surface area contributed by atoms with Crippen molar-refractivity contribution in [2.24, 2.45) is 10.2 Å². The molecule has 9 nitrogen and oxygen atoms in total. The summed E-state index contributed by atoms with van der Waals surface area (Å²) in [6.45, 7) is 15.0. The van der Waals surface area contributed by atoms with E-state index in [1.54, 1.807) is 30.6 Å². The van der Waals surface area contributed by atoms with E-state index in [1.165, 1.54) is 0 Å². The number of nitrogens with two attached hydrogens (primary N) is 1. The highest BCUT2D eigenvalue weighted by molar-refractivity contribution is 5.96. The van der Waals surface area contributed by atoms with Crippen LogP contribution in [0.1, 0.15) is 5.69 Å². The van der Waals surface area contributed by atoms with Crippen molar-refractivity contribution in [3.05, 3.63) is 67.2 Å².